The van der Waals surface area contributed by atoms with E-state index in [0.717, 1.165) is 30.8 Å². The van der Waals surface area contributed by atoms with E-state index in [-0.39, 0.29) is 18.6 Å². The van der Waals surface area contributed by atoms with Gasteiger partial charge in [-0.05, 0) is 37.5 Å². The monoisotopic (exact) mass is 446 g/mol. The van der Waals surface area contributed by atoms with Crippen molar-refractivity contribution in [1.29, 1.82) is 0 Å². The third-order valence-corrected chi connectivity index (χ3v) is 6.41. The van der Waals surface area contributed by atoms with Gasteiger partial charge >= 0.3 is 5.97 Å². The highest BCUT2D eigenvalue weighted by atomic mass is 35.5. The number of imidazole rings is 1. The first kappa shape index (κ1) is 20.7. The Bertz CT molecular complexity index is 1080. The topological polar surface area (TPSA) is 68.8 Å². The predicted molar refractivity (Wildman–Crippen MR) is 117 cm³/mol. The van der Waals surface area contributed by atoms with Gasteiger partial charge in [-0.2, -0.15) is 0 Å². The number of carbonyl (C=O) groups is 2. The third-order valence-electron chi connectivity index (χ3n) is 5.38. The van der Waals surface area contributed by atoms with Gasteiger partial charge in [0.05, 0.1) is 12.3 Å². The SMILES string of the molecule is Cn1cccc1C(=O)N1CCCCC1CCOC(=O)/C=C/c1c(Cl)nc2sccn12. The maximum atomic E-state index is 12.9. The number of likely N-dealkylation sites (tertiary alicyclic amines) is 1. The summed E-state index contributed by atoms with van der Waals surface area (Å²) in [6.45, 7) is 0.998. The van der Waals surface area contributed by atoms with Gasteiger partial charge in [-0.15, -0.1) is 11.3 Å². The first-order valence-corrected chi connectivity index (χ1v) is 11.2. The normalized spacial score (nSPS) is 17.1. The van der Waals surface area contributed by atoms with Crippen molar-refractivity contribution < 1.29 is 14.3 Å². The van der Waals surface area contributed by atoms with E-state index in [1.165, 1.54) is 17.4 Å². The quantitative estimate of drug-likeness (QED) is 0.423. The summed E-state index contributed by atoms with van der Waals surface area (Å²) in [5.74, 6) is -0.402. The number of aryl methyl sites for hydroxylation is 1. The second-order valence-electron chi connectivity index (χ2n) is 7.29. The van der Waals surface area contributed by atoms with Crippen LogP contribution < -0.4 is 0 Å². The van der Waals surface area contributed by atoms with Crippen LogP contribution in [-0.2, 0) is 16.6 Å². The number of piperidine rings is 1. The fraction of sp³-hybridized carbons (Fsp3) is 0.381. The Hall–Kier alpha value is -2.58. The number of halogens is 1. The van der Waals surface area contributed by atoms with Crippen LogP contribution in [0.5, 0.6) is 0 Å². The maximum absolute atomic E-state index is 12.9. The average molecular weight is 447 g/mol. The zero-order valence-corrected chi connectivity index (χ0v) is 18.2. The van der Waals surface area contributed by atoms with E-state index in [2.05, 4.69) is 4.98 Å². The Morgan fingerprint density at radius 2 is 2.23 bits per heavy atom. The largest absolute Gasteiger partial charge is 0.462 e. The predicted octanol–water partition coefficient (Wildman–Crippen LogP) is 4.03. The van der Waals surface area contributed by atoms with Crippen LogP contribution in [0.15, 0.2) is 36.0 Å². The fourth-order valence-electron chi connectivity index (χ4n) is 3.82. The highest BCUT2D eigenvalue weighted by Gasteiger charge is 2.28. The van der Waals surface area contributed by atoms with Crippen LogP contribution in [0.2, 0.25) is 5.15 Å². The molecule has 0 radical (unpaired) electrons. The number of nitrogens with zero attached hydrogens (tertiary/aromatic N) is 4. The number of ether oxygens (including phenoxy) is 1. The van der Waals surface area contributed by atoms with Crippen LogP contribution in [0.3, 0.4) is 0 Å². The molecule has 3 aromatic rings. The van der Waals surface area contributed by atoms with E-state index in [1.54, 1.807) is 6.08 Å². The van der Waals surface area contributed by atoms with Gasteiger partial charge in [-0.1, -0.05) is 11.6 Å². The molecule has 1 aliphatic rings. The zero-order valence-electron chi connectivity index (χ0n) is 16.7. The lowest BCUT2D eigenvalue weighted by atomic mass is 9.99. The van der Waals surface area contributed by atoms with Gasteiger partial charge in [0.15, 0.2) is 10.1 Å². The first-order chi connectivity index (χ1) is 14.5. The summed E-state index contributed by atoms with van der Waals surface area (Å²) in [6, 6.07) is 3.79. The molecule has 4 rings (SSSR count). The van der Waals surface area contributed by atoms with Crippen LogP contribution in [0.4, 0.5) is 0 Å². The Labute approximate surface area is 183 Å². The number of hydrogen-bond donors (Lipinski definition) is 0. The van der Waals surface area contributed by atoms with E-state index < -0.39 is 5.97 Å². The number of carbonyl (C=O) groups excluding carboxylic acids is 2. The molecule has 158 valence electrons. The Kier molecular flexibility index (Phi) is 6.24. The Balaban J connectivity index is 1.32. The Morgan fingerprint density at radius 1 is 1.37 bits per heavy atom. The summed E-state index contributed by atoms with van der Waals surface area (Å²) < 4.78 is 9.04. The summed E-state index contributed by atoms with van der Waals surface area (Å²) in [4.78, 5) is 32.0. The third kappa shape index (κ3) is 4.29. The number of aromatic nitrogens is 3. The molecule has 4 heterocycles. The van der Waals surface area contributed by atoms with Gasteiger partial charge in [-0.25, -0.2) is 9.78 Å². The molecule has 1 atom stereocenters. The number of fused-ring (bicyclic) bond motifs is 1. The lowest BCUT2D eigenvalue weighted by Gasteiger charge is -2.35. The standard InChI is InChI=1S/C21H23ClN4O3S/c1-24-10-4-6-17(24)20(28)25-11-3-2-5-15(25)9-13-29-18(27)8-7-16-19(22)23-21-26(16)12-14-30-21/h4,6-8,10,12,14-15H,2-3,5,9,11,13H2,1H3/b8-7+. The molecule has 30 heavy (non-hydrogen) atoms. The Morgan fingerprint density at radius 3 is 3.03 bits per heavy atom. The van der Waals surface area contributed by atoms with Crippen molar-refractivity contribution in [3.05, 3.63) is 52.5 Å². The van der Waals surface area contributed by atoms with Crippen molar-refractivity contribution >= 4 is 45.9 Å². The van der Waals surface area contributed by atoms with Crippen molar-refractivity contribution in [1.82, 2.24) is 18.9 Å². The van der Waals surface area contributed by atoms with Crippen LogP contribution in [0.25, 0.3) is 11.0 Å². The number of rotatable bonds is 6. The smallest absolute Gasteiger partial charge is 0.330 e. The number of hydrogen-bond acceptors (Lipinski definition) is 5. The van der Waals surface area contributed by atoms with Crippen molar-refractivity contribution in [2.24, 2.45) is 7.05 Å². The van der Waals surface area contributed by atoms with E-state index in [9.17, 15) is 9.59 Å². The van der Waals surface area contributed by atoms with Gasteiger partial charge in [-0.3, -0.25) is 9.20 Å². The molecule has 0 spiro atoms. The molecule has 0 bridgehead atoms. The van der Waals surface area contributed by atoms with Crippen LogP contribution in [0.1, 0.15) is 41.9 Å². The van der Waals surface area contributed by atoms with Crippen LogP contribution in [-0.4, -0.2) is 49.9 Å². The summed E-state index contributed by atoms with van der Waals surface area (Å²) in [6.07, 6.45) is 10.3. The lowest BCUT2D eigenvalue weighted by molar-refractivity contribution is -0.138. The van der Waals surface area contributed by atoms with Gasteiger partial charge in [0, 0.05) is 49.9 Å². The van der Waals surface area contributed by atoms with Crippen molar-refractivity contribution in [2.45, 2.75) is 31.7 Å². The van der Waals surface area contributed by atoms with Crippen LogP contribution >= 0.6 is 22.9 Å². The molecule has 9 heteroatoms. The molecule has 1 fully saturated rings. The van der Waals surface area contributed by atoms with Gasteiger partial charge in [0.1, 0.15) is 5.69 Å². The molecule has 0 aliphatic carbocycles. The highest BCUT2D eigenvalue weighted by molar-refractivity contribution is 7.15. The van der Waals surface area contributed by atoms with Gasteiger partial charge < -0.3 is 14.2 Å². The number of thiazole rings is 1. The average Bonchev–Trinajstić information content (AvgIpc) is 3.43. The molecule has 1 unspecified atom stereocenters. The molecule has 1 saturated heterocycles. The molecule has 3 aromatic heterocycles. The summed E-state index contributed by atoms with van der Waals surface area (Å²) in [7, 11) is 1.87. The van der Waals surface area contributed by atoms with Gasteiger partial charge in [0.2, 0.25) is 0 Å². The zero-order chi connectivity index (χ0) is 21.1. The maximum Gasteiger partial charge on any atom is 0.330 e. The lowest BCUT2D eigenvalue weighted by Crippen LogP contribution is -2.44. The van der Waals surface area contributed by atoms with E-state index in [1.807, 2.05) is 50.8 Å². The summed E-state index contributed by atoms with van der Waals surface area (Å²) in [5.41, 5.74) is 1.33. The van der Waals surface area contributed by atoms with Crippen molar-refractivity contribution in [3.8, 4) is 0 Å². The second kappa shape index (κ2) is 9.06. The summed E-state index contributed by atoms with van der Waals surface area (Å²) >= 11 is 7.60. The molecule has 0 aromatic carbocycles. The van der Waals surface area contributed by atoms with E-state index >= 15 is 0 Å². The molecule has 7 nitrogen and oxygen atoms in total. The van der Waals surface area contributed by atoms with Gasteiger partial charge in [0.25, 0.3) is 5.91 Å². The minimum atomic E-state index is -0.438. The van der Waals surface area contributed by atoms with E-state index in [4.69, 9.17) is 16.3 Å². The molecular weight excluding hydrogens is 424 g/mol. The minimum Gasteiger partial charge on any atom is -0.462 e. The molecule has 0 N–H and O–H groups in total. The minimum absolute atomic E-state index is 0.0357. The van der Waals surface area contributed by atoms with E-state index in [0.29, 0.717) is 23.0 Å². The first-order valence-electron chi connectivity index (χ1n) is 9.93. The molecule has 1 aliphatic heterocycles. The highest BCUT2D eigenvalue weighted by Crippen LogP contribution is 2.23. The molecule has 0 saturated carbocycles. The fourth-order valence-corrected chi connectivity index (χ4v) is 4.82. The van der Waals surface area contributed by atoms with Crippen molar-refractivity contribution in [3.63, 3.8) is 0 Å². The van der Waals surface area contributed by atoms with Crippen molar-refractivity contribution in [2.75, 3.05) is 13.2 Å². The molecule has 1 amide bonds. The second-order valence-corrected chi connectivity index (χ2v) is 8.52. The van der Waals surface area contributed by atoms with Crippen LogP contribution in [0, 0.1) is 0 Å². The summed E-state index contributed by atoms with van der Waals surface area (Å²) in [5, 5.41) is 2.25. The molecular formula is C21H23ClN4O3S. The number of amides is 1. The number of esters is 1.